The lowest BCUT2D eigenvalue weighted by molar-refractivity contribution is 0.0950. The van der Waals surface area contributed by atoms with E-state index in [-0.39, 0.29) is 25.1 Å². The lowest BCUT2D eigenvalue weighted by Gasteiger charge is -2.04. The summed E-state index contributed by atoms with van der Waals surface area (Å²) in [5, 5.41) is 10.8. The molecule has 132 valence electrons. The van der Waals surface area contributed by atoms with Gasteiger partial charge < -0.3 is 14.8 Å². The van der Waals surface area contributed by atoms with Crippen LogP contribution in [0.1, 0.15) is 21.6 Å². The molecule has 0 spiro atoms. The predicted molar refractivity (Wildman–Crippen MR) is 89.3 cm³/mol. The number of hydrogen-bond donors (Lipinski definition) is 1. The first-order chi connectivity index (χ1) is 12.7. The van der Waals surface area contributed by atoms with Crippen molar-refractivity contribution in [3.8, 4) is 11.5 Å². The van der Waals surface area contributed by atoms with E-state index >= 15 is 0 Å². The van der Waals surface area contributed by atoms with Gasteiger partial charge in [0.2, 0.25) is 6.79 Å². The van der Waals surface area contributed by atoms with Crippen LogP contribution < -0.4 is 14.8 Å². The van der Waals surface area contributed by atoms with Crippen LogP contribution >= 0.6 is 0 Å². The van der Waals surface area contributed by atoms with E-state index in [1.165, 1.54) is 12.1 Å². The Kier molecular flexibility index (Phi) is 4.22. The third-order valence-corrected chi connectivity index (χ3v) is 3.91. The van der Waals surface area contributed by atoms with Crippen LogP contribution in [0, 0.1) is 5.82 Å². The Morgan fingerprint density at radius 2 is 1.96 bits per heavy atom. The highest BCUT2D eigenvalue weighted by atomic mass is 19.1. The molecule has 0 fully saturated rings. The topological polar surface area (TPSA) is 78.3 Å². The zero-order chi connectivity index (χ0) is 17.9. The van der Waals surface area contributed by atoms with Crippen molar-refractivity contribution < 1.29 is 18.7 Å². The fraction of sp³-hybridized carbons (Fsp3) is 0.167. The van der Waals surface area contributed by atoms with Crippen LogP contribution in [0.2, 0.25) is 0 Å². The molecule has 0 bridgehead atoms. The van der Waals surface area contributed by atoms with Crippen molar-refractivity contribution in [1.29, 1.82) is 0 Å². The number of hydrogen-bond acceptors (Lipinski definition) is 5. The Bertz CT molecular complexity index is 940. The highest BCUT2D eigenvalue weighted by Gasteiger charge is 2.16. The van der Waals surface area contributed by atoms with Crippen LogP contribution in [0.3, 0.4) is 0 Å². The number of rotatable bonds is 5. The molecule has 0 radical (unpaired) electrons. The lowest BCUT2D eigenvalue weighted by Crippen LogP contribution is -2.22. The molecule has 7 nitrogen and oxygen atoms in total. The number of aromatic nitrogens is 3. The fourth-order valence-corrected chi connectivity index (χ4v) is 2.58. The summed E-state index contributed by atoms with van der Waals surface area (Å²) in [4.78, 5) is 12.2. The van der Waals surface area contributed by atoms with Crippen molar-refractivity contribution in [2.24, 2.45) is 0 Å². The monoisotopic (exact) mass is 354 g/mol. The average molecular weight is 354 g/mol. The largest absolute Gasteiger partial charge is 0.454 e. The SMILES string of the molecule is O=C(NCc1cn(Cc2ccc(F)cc2)nn1)c1ccc2c(c1)OCO2. The molecule has 1 aliphatic rings. The molecular weight excluding hydrogens is 339 g/mol. The lowest BCUT2D eigenvalue weighted by atomic mass is 10.2. The zero-order valence-electron chi connectivity index (χ0n) is 13.7. The van der Waals surface area contributed by atoms with Gasteiger partial charge in [0.25, 0.3) is 5.91 Å². The number of amides is 1. The van der Waals surface area contributed by atoms with Crippen molar-refractivity contribution in [2.45, 2.75) is 13.1 Å². The quantitative estimate of drug-likeness (QED) is 0.759. The van der Waals surface area contributed by atoms with Gasteiger partial charge in [-0.05, 0) is 35.9 Å². The van der Waals surface area contributed by atoms with Crippen molar-refractivity contribution in [3.05, 3.63) is 71.3 Å². The van der Waals surface area contributed by atoms with Crippen LogP contribution in [-0.2, 0) is 13.1 Å². The number of fused-ring (bicyclic) bond motifs is 1. The number of nitrogens with one attached hydrogen (secondary N) is 1. The summed E-state index contributed by atoms with van der Waals surface area (Å²) in [7, 11) is 0. The zero-order valence-corrected chi connectivity index (χ0v) is 13.7. The third-order valence-electron chi connectivity index (χ3n) is 3.91. The molecule has 0 saturated heterocycles. The molecule has 0 unspecified atom stereocenters. The highest BCUT2D eigenvalue weighted by Crippen LogP contribution is 2.32. The van der Waals surface area contributed by atoms with E-state index < -0.39 is 0 Å². The Morgan fingerprint density at radius 1 is 1.15 bits per heavy atom. The molecule has 1 amide bonds. The van der Waals surface area contributed by atoms with Gasteiger partial charge in [0, 0.05) is 5.56 Å². The standard InChI is InChI=1S/C18H15FN4O3/c19-14-4-1-12(2-5-14)9-23-10-15(21-22-23)8-20-18(24)13-3-6-16-17(7-13)26-11-25-16/h1-7,10H,8-9,11H2,(H,20,24). The van der Waals surface area contributed by atoms with E-state index in [9.17, 15) is 9.18 Å². The van der Waals surface area contributed by atoms with Gasteiger partial charge in [0.05, 0.1) is 19.3 Å². The Balaban J connectivity index is 1.35. The van der Waals surface area contributed by atoms with Crippen molar-refractivity contribution in [3.63, 3.8) is 0 Å². The van der Waals surface area contributed by atoms with Gasteiger partial charge in [-0.1, -0.05) is 17.3 Å². The Labute approximate surface area is 148 Å². The van der Waals surface area contributed by atoms with Crippen LogP contribution in [0.25, 0.3) is 0 Å². The first kappa shape index (κ1) is 16.1. The van der Waals surface area contributed by atoms with Gasteiger partial charge in [-0.25, -0.2) is 9.07 Å². The fourth-order valence-electron chi connectivity index (χ4n) is 2.58. The first-order valence-electron chi connectivity index (χ1n) is 7.99. The molecule has 2 aromatic carbocycles. The predicted octanol–water partition coefficient (Wildman–Crippen LogP) is 2.12. The second kappa shape index (κ2) is 6.83. The summed E-state index contributed by atoms with van der Waals surface area (Å²) in [6, 6.07) is 11.2. The van der Waals surface area contributed by atoms with Crippen molar-refractivity contribution in [2.75, 3.05) is 6.79 Å². The van der Waals surface area contributed by atoms with Crippen LogP contribution in [0.5, 0.6) is 11.5 Å². The molecule has 1 N–H and O–H groups in total. The second-order valence-electron chi connectivity index (χ2n) is 5.78. The molecule has 0 saturated carbocycles. The minimum atomic E-state index is -0.278. The van der Waals surface area contributed by atoms with Crippen LogP contribution in [0.15, 0.2) is 48.7 Å². The number of carbonyl (C=O) groups is 1. The average Bonchev–Trinajstić information content (AvgIpc) is 3.30. The van der Waals surface area contributed by atoms with Gasteiger partial charge in [0.15, 0.2) is 11.5 Å². The smallest absolute Gasteiger partial charge is 0.251 e. The van der Waals surface area contributed by atoms with Gasteiger partial charge in [-0.3, -0.25) is 4.79 Å². The molecule has 1 aromatic heterocycles. The Morgan fingerprint density at radius 3 is 2.81 bits per heavy atom. The number of nitrogens with zero attached hydrogens (tertiary/aromatic N) is 3. The van der Waals surface area contributed by atoms with Crippen molar-refractivity contribution >= 4 is 5.91 Å². The maximum absolute atomic E-state index is 12.9. The minimum Gasteiger partial charge on any atom is -0.454 e. The van der Waals surface area contributed by atoms with E-state index in [2.05, 4.69) is 15.6 Å². The van der Waals surface area contributed by atoms with E-state index in [1.807, 2.05) is 0 Å². The summed E-state index contributed by atoms with van der Waals surface area (Å²) in [5.74, 6) is 0.670. The summed E-state index contributed by atoms with van der Waals surface area (Å²) in [6.07, 6.45) is 1.74. The summed E-state index contributed by atoms with van der Waals surface area (Å²) in [5.41, 5.74) is 2.02. The van der Waals surface area contributed by atoms with E-state index in [0.717, 1.165) is 5.56 Å². The number of benzene rings is 2. The second-order valence-corrected chi connectivity index (χ2v) is 5.78. The summed E-state index contributed by atoms with van der Waals surface area (Å²) in [6.45, 7) is 0.887. The Hall–Kier alpha value is -3.42. The van der Waals surface area contributed by atoms with E-state index in [4.69, 9.17) is 9.47 Å². The normalized spacial score (nSPS) is 12.2. The van der Waals surface area contributed by atoms with Gasteiger partial charge in [-0.15, -0.1) is 5.10 Å². The van der Waals surface area contributed by atoms with Crippen LogP contribution in [0.4, 0.5) is 4.39 Å². The summed E-state index contributed by atoms with van der Waals surface area (Å²) >= 11 is 0. The van der Waals surface area contributed by atoms with Gasteiger partial charge in [-0.2, -0.15) is 0 Å². The molecule has 8 heteroatoms. The molecular formula is C18H15FN4O3. The maximum Gasteiger partial charge on any atom is 0.251 e. The number of halogens is 1. The highest BCUT2D eigenvalue weighted by molar-refractivity contribution is 5.94. The number of carbonyl (C=O) groups excluding carboxylic acids is 1. The molecule has 0 atom stereocenters. The van der Waals surface area contributed by atoms with Crippen LogP contribution in [-0.4, -0.2) is 27.7 Å². The third kappa shape index (κ3) is 3.49. The van der Waals surface area contributed by atoms with E-state index in [1.54, 1.807) is 41.2 Å². The number of ether oxygens (including phenoxy) is 2. The van der Waals surface area contributed by atoms with Gasteiger partial charge in [0.1, 0.15) is 11.5 Å². The van der Waals surface area contributed by atoms with E-state index in [0.29, 0.717) is 29.3 Å². The molecule has 26 heavy (non-hydrogen) atoms. The molecule has 0 aliphatic carbocycles. The summed E-state index contributed by atoms with van der Waals surface area (Å²) < 4.78 is 25.1. The minimum absolute atomic E-state index is 0.164. The van der Waals surface area contributed by atoms with Gasteiger partial charge >= 0.3 is 0 Å². The molecule has 2 heterocycles. The molecule has 1 aliphatic heterocycles. The molecule has 4 rings (SSSR count). The maximum atomic E-state index is 12.9. The van der Waals surface area contributed by atoms with Crippen molar-refractivity contribution in [1.82, 2.24) is 20.3 Å². The molecule has 3 aromatic rings. The first-order valence-corrected chi connectivity index (χ1v) is 7.99.